The summed E-state index contributed by atoms with van der Waals surface area (Å²) < 4.78 is 33.0. The molecular weight excluding hydrogens is 2000 g/mol. The lowest BCUT2D eigenvalue weighted by Gasteiger charge is -2.39. The Morgan fingerprint density at radius 1 is 0.669 bits per heavy atom. The van der Waals surface area contributed by atoms with Crippen LogP contribution < -0.4 is 30.1 Å². The van der Waals surface area contributed by atoms with Gasteiger partial charge < -0.3 is 49.6 Å². The molecule has 28 nitrogen and oxygen atoms in total. The number of piperidine rings is 2. The lowest BCUT2D eigenvalue weighted by Crippen LogP contribution is -2.47. The molecule has 0 bridgehead atoms. The van der Waals surface area contributed by atoms with E-state index < -0.39 is 9.71 Å². The third-order valence-electron chi connectivity index (χ3n) is 28.2. The topological polar surface area (TPSA) is 316 Å². The number of aliphatic hydroxyl groups excluding tert-OH is 1. The van der Waals surface area contributed by atoms with Gasteiger partial charge in [-0.2, -0.15) is 24.7 Å². The first kappa shape index (κ1) is 105. The molecule has 148 heavy (non-hydrogen) atoms. The average molecular weight is 2130 g/mol. The number of hydrogen-bond donors (Lipinski definition) is 4. The zero-order valence-electron chi connectivity index (χ0n) is 83.9. The number of anilines is 5. The van der Waals surface area contributed by atoms with E-state index in [9.17, 15) is 14.1 Å². The number of para-hydroxylation sites is 1. The molecule has 2 unspecified atom stereocenters. The number of benzene rings is 8. The fraction of sp³-hybridized carbons (Fsp3) is 0.339. The van der Waals surface area contributed by atoms with Crippen molar-refractivity contribution in [3.05, 3.63) is 295 Å². The van der Waals surface area contributed by atoms with Gasteiger partial charge in [0.15, 0.2) is 17.3 Å². The van der Waals surface area contributed by atoms with Gasteiger partial charge in [0.1, 0.15) is 23.2 Å². The molecule has 764 valence electrons. The maximum atomic E-state index is 12.4. The molecule has 7 aromatic heterocycles. The molecule has 0 spiro atoms. The quantitative estimate of drug-likeness (QED) is 0.0341. The summed E-state index contributed by atoms with van der Waals surface area (Å²) >= 11 is 17.5. The number of carbonyl (C=O) groups excluding carboxylic acids is 3. The van der Waals surface area contributed by atoms with Crippen LogP contribution in [0.4, 0.5) is 29.1 Å². The highest BCUT2D eigenvalue weighted by atomic mass is 79.9. The Morgan fingerprint density at radius 2 is 1.41 bits per heavy atom. The molecule has 15 aromatic rings. The minimum absolute atomic E-state index is 0.0759. The van der Waals surface area contributed by atoms with Crippen LogP contribution in [0.25, 0.3) is 82.0 Å². The van der Waals surface area contributed by atoms with Crippen molar-refractivity contribution in [3.63, 3.8) is 0 Å². The number of H-pyrrole nitrogens is 1. The van der Waals surface area contributed by atoms with E-state index in [1.54, 1.807) is 24.7 Å². The van der Waals surface area contributed by atoms with Crippen LogP contribution in [0.15, 0.2) is 245 Å². The van der Waals surface area contributed by atoms with Crippen molar-refractivity contribution < 1.29 is 37.9 Å². The van der Waals surface area contributed by atoms with Crippen LogP contribution in [-0.2, 0) is 71.4 Å². The third kappa shape index (κ3) is 25.9. The number of fused-ring (bicyclic) bond motifs is 6. The molecule has 23 rings (SSSR count). The number of amides is 1. The smallest absolute Gasteiger partial charge is 0.373 e. The van der Waals surface area contributed by atoms with Crippen molar-refractivity contribution in [2.45, 2.75) is 128 Å². The van der Waals surface area contributed by atoms with Crippen molar-refractivity contribution >= 4 is 179 Å². The first-order valence-electron chi connectivity index (χ1n) is 50.8. The van der Waals surface area contributed by atoms with Crippen LogP contribution in [0.3, 0.4) is 0 Å². The first-order valence-corrected chi connectivity index (χ1v) is 55.3. The van der Waals surface area contributed by atoms with Gasteiger partial charge in [-0.05, 0) is 231 Å². The minimum atomic E-state index is -2.13. The second kappa shape index (κ2) is 49.9. The van der Waals surface area contributed by atoms with Crippen LogP contribution in [-0.4, -0.2) is 241 Å². The summed E-state index contributed by atoms with van der Waals surface area (Å²) in [5.74, 6) is 9.78. The van der Waals surface area contributed by atoms with Crippen LogP contribution in [0.2, 0.25) is 10.0 Å². The van der Waals surface area contributed by atoms with Gasteiger partial charge in [-0.3, -0.25) is 29.0 Å². The van der Waals surface area contributed by atoms with Gasteiger partial charge in [-0.25, -0.2) is 34.2 Å². The number of aliphatic hydroxyl groups is 1. The normalized spacial score (nSPS) is 17.6. The molecule has 0 radical (unpaired) electrons. The van der Waals surface area contributed by atoms with Crippen LogP contribution in [0.5, 0.6) is 5.75 Å². The Kier molecular flexibility index (Phi) is 35.4. The number of halogens is 3. The monoisotopic (exact) mass is 2120 g/mol. The number of ether oxygens (including phenoxy) is 3. The highest BCUT2D eigenvalue weighted by molar-refractivity contribution is 9.10. The predicted molar refractivity (Wildman–Crippen MR) is 601 cm³/mol. The zero-order valence-corrected chi connectivity index (χ0v) is 88.6. The van der Waals surface area contributed by atoms with Crippen molar-refractivity contribution in [2.24, 2.45) is 9.98 Å². The molecule has 0 aliphatic carbocycles. The summed E-state index contributed by atoms with van der Waals surface area (Å²) in [6.45, 7) is 19.4. The maximum Gasteiger partial charge on any atom is 0.373 e. The third-order valence-corrected chi connectivity index (χ3v) is 31.9. The number of rotatable bonds is 23. The lowest BCUT2D eigenvalue weighted by molar-refractivity contribution is -0.191. The molecule has 33 heteroatoms. The summed E-state index contributed by atoms with van der Waals surface area (Å²) in [5, 5.41) is 30.8. The van der Waals surface area contributed by atoms with E-state index in [0.29, 0.717) is 61.7 Å². The fourth-order valence-corrected chi connectivity index (χ4v) is 23.2. The number of methoxy groups -OCH3 is 1. The zero-order chi connectivity index (χ0) is 102. The van der Waals surface area contributed by atoms with Gasteiger partial charge in [0.2, 0.25) is 11.9 Å². The molecular formula is C115H123BrCl2N20O8S2. The number of pyridine rings is 2. The maximum absolute atomic E-state index is 12.4. The van der Waals surface area contributed by atoms with E-state index in [2.05, 4.69) is 194 Å². The van der Waals surface area contributed by atoms with Crippen LogP contribution >= 0.6 is 50.5 Å². The second-order valence-corrected chi connectivity index (χ2v) is 43.5. The highest BCUT2D eigenvalue weighted by Crippen LogP contribution is 2.44. The molecule has 8 aromatic carbocycles. The SMILES string of the molecule is C=S(C)(=O)N1CCN(Cc2cc3nc(-c4cccc5[nH]ncc45)nc(N4CCOCC4)c3s2)CC1.COc1ccc(-c2ccc3c(N4CCOCC4C)nc(N4CCCC[C@@H]4C)nc3n2)cc1CO.Clc1ccc(C2(c3ccc(C4=CCN=C4)cc3)CCNCC2)cc1.Clc1cccc(Nc2nc3ccccc3c3ccccc23)c1.O=C(Cc1cccc(Cc2ncc(Br)c(CCCC3=CCC=N3)n2)c1)N1CCCC1.O=C=O. The van der Waals surface area contributed by atoms with Gasteiger partial charge in [-0.15, -0.1) is 11.3 Å². The van der Waals surface area contributed by atoms with E-state index in [1.165, 1.54) is 44.6 Å². The van der Waals surface area contributed by atoms with E-state index in [4.69, 9.17) is 81.9 Å². The molecule has 6 saturated heterocycles. The Balaban J connectivity index is 0.000000121. The van der Waals surface area contributed by atoms with Gasteiger partial charge in [-0.1, -0.05) is 157 Å². The predicted octanol–water partition coefficient (Wildman–Crippen LogP) is 20.6. The number of nitrogens with zero attached hydrogens (tertiary/aromatic N) is 17. The van der Waals surface area contributed by atoms with E-state index in [-0.39, 0.29) is 30.1 Å². The van der Waals surface area contributed by atoms with Gasteiger partial charge >= 0.3 is 6.15 Å². The standard InChI is InChI=1S/C26H33N5O3.C24H27BrN4O.C24H29N7O2S2.C21H21ClN2.C19H13ClN2.CO2/c1-17-6-4-5-11-31(17)26-28-24-21(25(29-26)30-12-13-34-16-18(30)2)8-9-22(27-24)19-7-10-23(33-3)20(14-19)15-32;25-21-17-27-23(28-22(21)10-4-8-20-9-5-11-26-20)15-18-6-3-7-19(14-18)16-24(30)29-12-1-2-13-29;1-35(2,32)31-8-6-29(7-9-31)16-17-14-21-22(34-17)24(30-10-12-33-13-11-30)27-23(26-21)18-4-3-5-20-19(18)15-25-28-20;22-20-7-5-19(6-8-20)21(10-13-23-14-11-21)18-3-1-16(2-4-18)17-9-12-24-15-17;20-13-6-5-7-14(12-13)21-19-17-10-2-1-8-15(17)16-9-3-4-11-18(16)22-19;2-1-3/h7-10,14,17-18,32H,4-6,11-13,15-16H2,1-3H3;3,6-7,9,11,14,17H,1-2,4-5,8,10,12-13,15-16H2;3-5,14-15H,1,6-13,16H2,2H3,(H,25,28);1-9,15,23H,10-14H2;1-12H,(H,21,22);/t17-,18?;;;;;/m0...../s1. The van der Waals surface area contributed by atoms with Crippen molar-refractivity contribution in [2.75, 3.05) is 145 Å². The van der Waals surface area contributed by atoms with Crippen molar-refractivity contribution in [3.8, 4) is 28.4 Å². The number of morpholine rings is 2. The number of aliphatic imine (C=N–C) groups is 2. The summed E-state index contributed by atoms with van der Waals surface area (Å²) in [7, 11) is -0.527. The molecule has 8 aliphatic heterocycles. The van der Waals surface area contributed by atoms with Crippen LogP contribution in [0, 0.1) is 0 Å². The number of carbonyl (C=O) groups is 1. The number of piperazine rings is 1. The Labute approximate surface area is 885 Å². The number of allylic oxidation sites excluding steroid dienone is 3. The van der Waals surface area contributed by atoms with Crippen molar-refractivity contribution in [1.82, 2.24) is 69.5 Å². The summed E-state index contributed by atoms with van der Waals surface area (Å²) in [6.07, 6.45) is 27.0. The molecule has 6 fully saturated rings. The van der Waals surface area contributed by atoms with E-state index in [1.807, 2.05) is 143 Å². The minimum Gasteiger partial charge on any atom is -0.496 e. The first-order chi connectivity index (χ1) is 72.2. The Hall–Kier alpha value is -13.0. The van der Waals surface area contributed by atoms with E-state index in [0.717, 1.165) is 288 Å². The Bertz CT molecular complexity index is 7470. The molecule has 3 atom stereocenters. The van der Waals surface area contributed by atoms with Crippen LogP contribution in [0.1, 0.15) is 128 Å². The van der Waals surface area contributed by atoms with Gasteiger partial charge in [0, 0.05) is 190 Å². The highest BCUT2D eigenvalue weighted by Gasteiger charge is 2.37. The van der Waals surface area contributed by atoms with Gasteiger partial charge in [0.05, 0.1) is 108 Å². The lowest BCUT2D eigenvalue weighted by atomic mass is 9.68. The number of hydrogen-bond acceptors (Lipinski definition) is 26. The fourth-order valence-electron chi connectivity index (χ4n) is 20.4. The van der Waals surface area contributed by atoms with Crippen molar-refractivity contribution in [1.29, 1.82) is 0 Å². The average Bonchev–Trinajstić information content (AvgIpc) is 1.26. The number of thiophene rings is 1. The molecule has 4 N–H and O–H groups in total. The number of nitrogens with one attached hydrogen (secondary N) is 3. The number of likely N-dealkylation sites (tertiary alicyclic amines) is 1. The number of aryl methyl sites for hydroxylation is 1. The molecule has 1 amide bonds. The second-order valence-electron chi connectivity index (χ2n) is 38.2. The van der Waals surface area contributed by atoms with Gasteiger partial charge in [0.25, 0.3) is 0 Å². The summed E-state index contributed by atoms with van der Waals surface area (Å²) in [6, 6.07) is 68.6. The number of aromatic nitrogens is 10. The number of aromatic amines is 1. The largest absolute Gasteiger partial charge is 0.496 e. The molecule has 8 aliphatic rings. The summed E-state index contributed by atoms with van der Waals surface area (Å²) in [4.78, 5) is 89.2. The molecule has 0 saturated carbocycles. The van der Waals surface area contributed by atoms with E-state index >= 15 is 0 Å². The summed E-state index contributed by atoms with van der Waals surface area (Å²) in [5.41, 5.74) is 17.7. The molecule has 15 heterocycles. The Morgan fingerprint density at radius 3 is 2.14 bits per heavy atom.